The second-order valence-corrected chi connectivity index (χ2v) is 7.26. The molecular weight excluding hydrogens is 417 g/mol. The second kappa shape index (κ2) is 8.73. The molecule has 0 amide bonds. The number of benzene rings is 2. The molecule has 0 bridgehead atoms. The predicted octanol–water partition coefficient (Wildman–Crippen LogP) is 5.65. The highest BCUT2D eigenvalue weighted by Gasteiger charge is 2.42. The normalized spacial score (nSPS) is 18.9. The van der Waals surface area contributed by atoms with Crippen molar-refractivity contribution in [1.29, 1.82) is 5.26 Å². The number of alkyl halides is 3. The molecule has 1 fully saturated rings. The quantitative estimate of drug-likeness (QED) is 0.676. The molecule has 2 aliphatic rings. The summed E-state index contributed by atoms with van der Waals surface area (Å²) in [5.41, 5.74) is 1.10. The van der Waals surface area contributed by atoms with E-state index in [1.165, 1.54) is 11.1 Å². The lowest BCUT2D eigenvalue weighted by molar-refractivity contribution is -0.124. The minimum atomic E-state index is -4.65. The summed E-state index contributed by atoms with van der Waals surface area (Å²) in [6.07, 6.45) is -1.97. The van der Waals surface area contributed by atoms with Crippen molar-refractivity contribution in [3.63, 3.8) is 0 Å². The first-order valence-corrected chi connectivity index (χ1v) is 9.87. The average molecular weight is 436 g/mol. The Labute approximate surface area is 183 Å². The van der Waals surface area contributed by atoms with Crippen molar-refractivity contribution in [3.05, 3.63) is 101 Å². The molecule has 8 heteroatoms. The Balaban J connectivity index is 1.69. The van der Waals surface area contributed by atoms with Gasteiger partial charge in [0, 0.05) is 23.9 Å². The van der Waals surface area contributed by atoms with Gasteiger partial charge in [-0.05, 0) is 35.9 Å². The zero-order valence-corrected chi connectivity index (χ0v) is 16.9. The number of nitriles is 1. The molecule has 5 nitrogen and oxygen atoms in total. The maximum atomic E-state index is 14.0. The summed E-state index contributed by atoms with van der Waals surface area (Å²) in [5, 5.41) is 13.2. The van der Waals surface area contributed by atoms with Crippen LogP contribution in [-0.4, -0.2) is 23.7 Å². The monoisotopic (exact) mass is 436 g/mol. The lowest BCUT2D eigenvalue weighted by Crippen LogP contribution is -2.27. The first-order chi connectivity index (χ1) is 15.4. The SMILES string of the molecule is C=C1C=C(N2OCCC2c2ccccc2)C(C(F)(F)F)=CN=C1Nc1ccc(C#N)cc1. The summed E-state index contributed by atoms with van der Waals surface area (Å²) in [4.78, 5) is 9.68. The maximum absolute atomic E-state index is 14.0. The van der Waals surface area contributed by atoms with Crippen molar-refractivity contribution in [2.45, 2.75) is 18.6 Å². The van der Waals surface area contributed by atoms with Gasteiger partial charge in [0.25, 0.3) is 0 Å². The van der Waals surface area contributed by atoms with Crippen molar-refractivity contribution < 1.29 is 18.0 Å². The summed E-state index contributed by atoms with van der Waals surface area (Å²) in [6.45, 7) is 4.21. The molecule has 2 aliphatic heterocycles. The van der Waals surface area contributed by atoms with Gasteiger partial charge in [0.2, 0.25) is 0 Å². The van der Waals surface area contributed by atoms with Gasteiger partial charge in [0.05, 0.1) is 35.6 Å². The van der Waals surface area contributed by atoms with E-state index in [1.807, 2.05) is 36.4 Å². The van der Waals surface area contributed by atoms with Crippen LogP contribution >= 0.6 is 0 Å². The Kier molecular flexibility index (Phi) is 5.84. The van der Waals surface area contributed by atoms with Gasteiger partial charge in [0.15, 0.2) is 0 Å². The van der Waals surface area contributed by atoms with E-state index in [0.29, 0.717) is 24.3 Å². The summed E-state index contributed by atoms with van der Waals surface area (Å²) < 4.78 is 41.9. The molecular formula is C24H19F3N4O. The van der Waals surface area contributed by atoms with Crippen LogP contribution in [0.1, 0.15) is 23.6 Å². The Bertz CT molecular complexity index is 1140. The van der Waals surface area contributed by atoms with Gasteiger partial charge in [0.1, 0.15) is 5.84 Å². The third kappa shape index (κ3) is 4.43. The van der Waals surface area contributed by atoms with Crippen LogP contribution in [0.15, 0.2) is 95.3 Å². The lowest BCUT2D eigenvalue weighted by atomic mass is 10.0. The maximum Gasteiger partial charge on any atom is 0.419 e. The number of hydrogen-bond donors (Lipinski definition) is 1. The number of halogens is 3. The average Bonchev–Trinajstić information content (AvgIpc) is 3.21. The number of rotatable bonds is 3. The minimum absolute atomic E-state index is 0.144. The van der Waals surface area contributed by atoms with E-state index in [2.05, 4.69) is 16.9 Å². The fourth-order valence-electron chi connectivity index (χ4n) is 3.55. The van der Waals surface area contributed by atoms with Gasteiger partial charge in [-0.2, -0.15) is 18.4 Å². The van der Waals surface area contributed by atoms with Crippen LogP contribution in [0.3, 0.4) is 0 Å². The fraction of sp³-hybridized carbons (Fsp3) is 0.167. The van der Waals surface area contributed by atoms with Crippen molar-refractivity contribution in [1.82, 2.24) is 5.06 Å². The molecule has 1 N–H and O–H groups in total. The lowest BCUT2D eigenvalue weighted by Gasteiger charge is -2.29. The van der Waals surface area contributed by atoms with Gasteiger partial charge in [-0.3, -0.25) is 4.84 Å². The van der Waals surface area contributed by atoms with Gasteiger partial charge < -0.3 is 5.32 Å². The molecule has 2 heterocycles. The number of amidine groups is 1. The topological polar surface area (TPSA) is 60.6 Å². The Morgan fingerprint density at radius 2 is 1.84 bits per heavy atom. The second-order valence-electron chi connectivity index (χ2n) is 7.26. The van der Waals surface area contributed by atoms with Crippen LogP contribution in [0.25, 0.3) is 0 Å². The highest BCUT2D eigenvalue weighted by molar-refractivity contribution is 6.10. The van der Waals surface area contributed by atoms with E-state index in [9.17, 15) is 13.2 Å². The summed E-state index contributed by atoms with van der Waals surface area (Å²) in [6, 6.07) is 17.4. The van der Waals surface area contributed by atoms with E-state index in [4.69, 9.17) is 10.1 Å². The van der Waals surface area contributed by atoms with Crippen LogP contribution in [-0.2, 0) is 4.84 Å². The fourth-order valence-corrected chi connectivity index (χ4v) is 3.55. The number of nitrogens with zero attached hydrogens (tertiary/aromatic N) is 3. The number of hydrogen-bond acceptors (Lipinski definition) is 5. The van der Waals surface area contributed by atoms with Crippen LogP contribution < -0.4 is 5.32 Å². The van der Waals surface area contributed by atoms with Crippen LogP contribution in [0.4, 0.5) is 18.9 Å². The summed E-state index contributed by atoms with van der Waals surface area (Å²) in [5.74, 6) is 0.168. The molecule has 4 rings (SSSR count). The molecule has 0 radical (unpaired) electrons. The van der Waals surface area contributed by atoms with Gasteiger partial charge in [-0.1, -0.05) is 36.9 Å². The number of anilines is 1. The highest BCUT2D eigenvalue weighted by atomic mass is 19.4. The minimum Gasteiger partial charge on any atom is -0.340 e. The zero-order valence-electron chi connectivity index (χ0n) is 16.9. The van der Waals surface area contributed by atoms with Crippen molar-refractivity contribution in [2.75, 3.05) is 11.9 Å². The Hall–Kier alpha value is -3.83. The van der Waals surface area contributed by atoms with Crippen molar-refractivity contribution >= 4 is 11.5 Å². The molecule has 0 spiro atoms. The third-order valence-electron chi connectivity index (χ3n) is 5.12. The molecule has 1 saturated heterocycles. The van der Waals surface area contributed by atoms with E-state index >= 15 is 0 Å². The van der Waals surface area contributed by atoms with Crippen LogP contribution in [0.2, 0.25) is 0 Å². The van der Waals surface area contributed by atoms with Gasteiger partial charge in [-0.25, -0.2) is 10.1 Å². The smallest absolute Gasteiger partial charge is 0.340 e. The van der Waals surface area contributed by atoms with E-state index in [0.717, 1.165) is 11.8 Å². The van der Waals surface area contributed by atoms with Gasteiger partial charge >= 0.3 is 6.18 Å². The number of aliphatic imine (C=N–C) groups is 1. The summed E-state index contributed by atoms with van der Waals surface area (Å²) in [7, 11) is 0. The van der Waals surface area contributed by atoms with Crippen molar-refractivity contribution in [3.8, 4) is 6.07 Å². The molecule has 0 saturated carbocycles. The van der Waals surface area contributed by atoms with E-state index in [1.54, 1.807) is 24.3 Å². The highest BCUT2D eigenvalue weighted by Crippen LogP contribution is 2.41. The number of hydroxylamine groups is 2. The van der Waals surface area contributed by atoms with Crippen LogP contribution in [0.5, 0.6) is 0 Å². The Morgan fingerprint density at radius 3 is 2.50 bits per heavy atom. The van der Waals surface area contributed by atoms with E-state index in [-0.39, 0.29) is 23.1 Å². The zero-order chi connectivity index (χ0) is 22.7. The van der Waals surface area contributed by atoms with Crippen LogP contribution in [0, 0.1) is 11.3 Å². The molecule has 0 aliphatic carbocycles. The first kappa shape index (κ1) is 21.4. The first-order valence-electron chi connectivity index (χ1n) is 9.87. The predicted molar refractivity (Wildman–Crippen MR) is 115 cm³/mol. The largest absolute Gasteiger partial charge is 0.419 e. The standard InChI is InChI=1S/C24H19F3N4O/c1-16-13-22(31-21(11-12-32-31)18-5-3-2-4-6-18)20(24(25,26)27)15-29-23(16)30-19-9-7-17(14-28)8-10-19/h2-10,13,15,21H,1,11-12H2,(H,29,30). The molecule has 2 aromatic carbocycles. The Morgan fingerprint density at radius 1 is 1.12 bits per heavy atom. The van der Waals surface area contributed by atoms with Crippen molar-refractivity contribution in [2.24, 2.45) is 4.99 Å². The molecule has 0 aromatic heterocycles. The third-order valence-corrected chi connectivity index (χ3v) is 5.12. The molecule has 1 atom stereocenters. The molecule has 2 aromatic rings. The van der Waals surface area contributed by atoms with Gasteiger partial charge in [-0.15, -0.1) is 0 Å². The van der Waals surface area contributed by atoms with E-state index < -0.39 is 11.7 Å². The summed E-state index contributed by atoms with van der Waals surface area (Å²) >= 11 is 0. The molecule has 1 unspecified atom stereocenters. The molecule has 32 heavy (non-hydrogen) atoms. The number of nitrogens with one attached hydrogen (secondary N) is 1. The molecule has 162 valence electrons. The number of allylic oxidation sites excluding steroid dienone is 1.